The molecule has 1 amide bonds. The van der Waals surface area contributed by atoms with Crippen LogP contribution in [-0.2, 0) is 6.42 Å². The minimum absolute atomic E-state index is 0.0197. The molecule has 1 unspecified atom stereocenters. The van der Waals surface area contributed by atoms with Crippen LogP contribution in [0.5, 0.6) is 0 Å². The van der Waals surface area contributed by atoms with Gasteiger partial charge in [-0.1, -0.05) is 60.7 Å². The average Bonchev–Trinajstić information content (AvgIpc) is 3.27. The fraction of sp³-hybridized carbons (Fsp3) is 0.367. The number of aryl methyl sites for hydroxylation is 1. The molecular formula is C30H35N5O2. The molecule has 0 spiro atoms. The number of nitrogens with zero attached hydrogens (tertiary/aromatic N) is 4. The third-order valence-electron chi connectivity index (χ3n) is 7.47. The van der Waals surface area contributed by atoms with Crippen LogP contribution < -0.4 is 5.73 Å². The summed E-state index contributed by atoms with van der Waals surface area (Å²) in [6.07, 6.45) is 10.7. The van der Waals surface area contributed by atoms with Crippen molar-refractivity contribution in [1.29, 1.82) is 0 Å². The number of benzene rings is 2. The van der Waals surface area contributed by atoms with Gasteiger partial charge >= 0.3 is 0 Å². The summed E-state index contributed by atoms with van der Waals surface area (Å²) in [7, 11) is 0. The van der Waals surface area contributed by atoms with Crippen molar-refractivity contribution in [2.75, 3.05) is 19.6 Å². The van der Waals surface area contributed by atoms with Crippen LogP contribution in [0.4, 0.5) is 0 Å². The fourth-order valence-electron chi connectivity index (χ4n) is 5.67. The molecule has 3 aromatic rings. The molecule has 2 aliphatic rings. The van der Waals surface area contributed by atoms with Crippen molar-refractivity contribution in [1.82, 2.24) is 19.7 Å². The summed E-state index contributed by atoms with van der Waals surface area (Å²) < 4.78 is 1.64. The first kappa shape index (κ1) is 25.1. The number of allylic oxidation sites excluding steroid dienone is 3. The molecule has 1 aliphatic heterocycles. The molecule has 2 atom stereocenters. The van der Waals surface area contributed by atoms with Crippen molar-refractivity contribution in [3.05, 3.63) is 95.6 Å². The molecule has 1 fully saturated rings. The fourth-order valence-corrected chi connectivity index (χ4v) is 5.67. The van der Waals surface area contributed by atoms with Gasteiger partial charge in [-0.2, -0.15) is 0 Å². The number of carbonyl (C=O) groups excluding carboxylic acids is 1. The van der Waals surface area contributed by atoms with E-state index in [4.69, 9.17) is 5.73 Å². The summed E-state index contributed by atoms with van der Waals surface area (Å²) in [5, 5.41) is 15.0. The first-order chi connectivity index (χ1) is 17.7. The number of aliphatic hydroxyl groups is 1. The van der Waals surface area contributed by atoms with Gasteiger partial charge in [-0.3, -0.25) is 9.69 Å². The molecule has 2 aromatic carbocycles. The Morgan fingerprint density at radius 2 is 1.89 bits per heavy atom. The molecule has 3 N–H and O–H groups in total. The zero-order chi connectivity index (χ0) is 26.0. The smallest absolute Gasteiger partial charge is 0.288 e. The van der Waals surface area contributed by atoms with Crippen molar-refractivity contribution in [3.8, 4) is 5.69 Å². The molecule has 7 heteroatoms. The van der Waals surface area contributed by atoms with Crippen LogP contribution in [0.25, 0.3) is 11.3 Å². The number of amides is 1. The van der Waals surface area contributed by atoms with E-state index in [-0.39, 0.29) is 11.2 Å². The van der Waals surface area contributed by atoms with Crippen molar-refractivity contribution in [2.45, 2.75) is 45.1 Å². The molecule has 37 heavy (non-hydrogen) atoms. The van der Waals surface area contributed by atoms with Gasteiger partial charge in [0.25, 0.3) is 5.91 Å². The van der Waals surface area contributed by atoms with Gasteiger partial charge in [0.1, 0.15) is 5.82 Å². The predicted octanol–water partition coefficient (Wildman–Crippen LogP) is 4.09. The minimum Gasteiger partial charge on any atom is -0.389 e. The Bertz CT molecular complexity index is 1320. The van der Waals surface area contributed by atoms with E-state index in [1.165, 1.54) is 16.7 Å². The molecular weight excluding hydrogens is 462 g/mol. The monoisotopic (exact) mass is 497 g/mol. The van der Waals surface area contributed by atoms with E-state index in [1.807, 2.05) is 25.1 Å². The summed E-state index contributed by atoms with van der Waals surface area (Å²) >= 11 is 0. The van der Waals surface area contributed by atoms with Gasteiger partial charge in [0, 0.05) is 18.5 Å². The number of primary amides is 1. The normalized spacial score (nSPS) is 24.1. The third-order valence-corrected chi connectivity index (χ3v) is 7.47. The van der Waals surface area contributed by atoms with Gasteiger partial charge in [0.05, 0.1) is 11.3 Å². The highest BCUT2D eigenvalue weighted by atomic mass is 16.3. The second-order valence-corrected chi connectivity index (χ2v) is 10.8. The van der Waals surface area contributed by atoms with E-state index in [9.17, 15) is 9.90 Å². The highest BCUT2D eigenvalue weighted by molar-refractivity contribution is 5.88. The van der Waals surface area contributed by atoms with Crippen molar-refractivity contribution in [3.63, 3.8) is 0 Å². The first-order valence-corrected chi connectivity index (χ1v) is 12.9. The van der Waals surface area contributed by atoms with E-state index in [1.54, 1.807) is 11.6 Å². The van der Waals surface area contributed by atoms with E-state index >= 15 is 0 Å². The van der Waals surface area contributed by atoms with Crippen LogP contribution in [-0.4, -0.2) is 55.9 Å². The number of nitrogens with two attached hydrogens (primary N) is 1. The third kappa shape index (κ3) is 5.73. The minimum atomic E-state index is -0.635. The van der Waals surface area contributed by atoms with Crippen LogP contribution in [0.2, 0.25) is 0 Å². The lowest BCUT2D eigenvalue weighted by Crippen LogP contribution is -2.50. The number of β-amino-alcohol motifs (C(OH)–C–C–N with tert-alkyl or cyclic N) is 1. The molecule has 1 aliphatic carbocycles. The highest BCUT2D eigenvalue weighted by Gasteiger charge is 2.35. The maximum Gasteiger partial charge on any atom is 0.288 e. The standard InChI is InChI=1S/C30H35N5O2/c1-22-32-28(27(31)36)33-35(22)26-11-9-23(10-12-26)19-30(21-34-18-6-15-29(2,37)20-34)16-13-25(14-17-30)24-7-4-3-5-8-24/h3-5,7-14,16,37H,6,15,17-21H2,1-2H3,(H2,31,36)/t29?,30-/m1/s1. The second-order valence-electron chi connectivity index (χ2n) is 10.8. The summed E-state index contributed by atoms with van der Waals surface area (Å²) in [5.41, 5.74) is 9.19. The molecule has 1 aromatic heterocycles. The Morgan fingerprint density at radius 1 is 1.14 bits per heavy atom. The number of likely N-dealkylation sites (tertiary alicyclic amines) is 1. The van der Waals surface area contributed by atoms with E-state index in [0.717, 1.165) is 44.5 Å². The maximum absolute atomic E-state index is 11.5. The Kier molecular flexibility index (Phi) is 6.84. The zero-order valence-corrected chi connectivity index (χ0v) is 21.6. The lowest BCUT2D eigenvalue weighted by molar-refractivity contribution is -0.0244. The van der Waals surface area contributed by atoms with E-state index < -0.39 is 11.5 Å². The van der Waals surface area contributed by atoms with Crippen LogP contribution in [0.15, 0.2) is 72.8 Å². The van der Waals surface area contributed by atoms with Gasteiger partial charge in [0.2, 0.25) is 5.82 Å². The van der Waals surface area contributed by atoms with Crippen LogP contribution in [0, 0.1) is 12.3 Å². The lowest BCUT2D eigenvalue weighted by Gasteiger charge is -2.43. The summed E-state index contributed by atoms with van der Waals surface area (Å²) in [6, 6.07) is 18.8. The average molecular weight is 498 g/mol. The van der Waals surface area contributed by atoms with Crippen molar-refractivity contribution in [2.24, 2.45) is 11.1 Å². The predicted molar refractivity (Wildman–Crippen MR) is 145 cm³/mol. The number of carbonyl (C=O) groups is 1. The Morgan fingerprint density at radius 3 is 2.51 bits per heavy atom. The molecule has 2 heterocycles. The highest BCUT2D eigenvalue weighted by Crippen LogP contribution is 2.38. The SMILES string of the molecule is Cc1nc(C(N)=O)nn1-c1ccc(C[C@@]2(CN3CCCC(C)(O)C3)C=CC(c3ccccc3)=CC2)cc1. The first-order valence-electron chi connectivity index (χ1n) is 12.9. The van der Waals surface area contributed by atoms with Crippen molar-refractivity contribution < 1.29 is 9.90 Å². The van der Waals surface area contributed by atoms with Gasteiger partial charge in [-0.05, 0) is 74.9 Å². The van der Waals surface area contributed by atoms with Crippen molar-refractivity contribution >= 4 is 11.5 Å². The van der Waals surface area contributed by atoms with Gasteiger partial charge < -0.3 is 10.8 Å². The van der Waals surface area contributed by atoms with Gasteiger partial charge in [-0.25, -0.2) is 9.67 Å². The number of rotatable bonds is 7. The molecule has 0 saturated carbocycles. The van der Waals surface area contributed by atoms with E-state index in [0.29, 0.717) is 12.4 Å². The molecule has 7 nitrogen and oxygen atoms in total. The number of hydrogen-bond donors (Lipinski definition) is 2. The zero-order valence-electron chi connectivity index (χ0n) is 21.6. The van der Waals surface area contributed by atoms with Crippen LogP contribution in [0.1, 0.15) is 53.8 Å². The topological polar surface area (TPSA) is 97.3 Å². The quantitative estimate of drug-likeness (QED) is 0.512. The van der Waals surface area contributed by atoms with Crippen LogP contribution >= 0.6 is 0 Å². The lowest BCUT2D eigenvalue weighted by atomic mass is 9.73. The molecule has 192 valence electrons. The van der Waals surface area contributed by atoms with Gasteiger partial charge in [0.15, 0.2) is 0 Å². The summed E-state index contributed by atoms with van der Waals surface area (Å²) in [4.78, 5) is 18.1. The molecule has 1 saturated heterocycles. The molecule has 0 bridgehead atoms. The largest absolute Gasteiger partial charge is 0.389 e. The Hall–Kier alpha value is -3.55. The summed E-state index contributed by atoms with van der Waals surface area (Å²) in [5.74, 6) is -0.000581. The van der Waals surface area contributed by atoms with Gasteiger partial charge in [-0.15, -0.1) is 5.10 Å². The van der Waals surface area contributed by atoms with Crippen LogP contribution in [0.3, 0.4) is 0 Å². The summed E-state index contributed by atoms with van der Waals surface area (Å²) in [6.45, 7) is 6.35. The Labute approximate surface area is 218 Å². The Balaban J connectivity index is 1.39. The van der Waals surface area contributed by atoms with E-state index in [2.05, 4.69) is 69.6 Å². The number of hydrogen-bond acceptors (Lipinski definition) is 5. The number of piperidine rings is 1. The molecule has 5 rings (SSSR count). The maximum atomic E-state index is 11.5. The second kappa shape index (κ2) is 10.1. The number of aromatic nitrogens is 3. The molecule has 0 radical (unpaired) electrons.